The molecule has 3 aliphatic heterocycles. The standard InChI is InChI=1S/C24H27F3N6O/c25-24(26,27)20-2-1-7-33(20)23-12-18(17-4-8-32(9-5-17)19-14-34-15-19)11-22(31-23)30-21-10-16(13-28)3-6-29-21/h3,6,10-12,17,19-20H,1-2,4-5,7-9,14-15H2,(H,29,30,31)/t20-/m1/s1. The van der Waals surface area contributed by atoms with Gasteiger partial charge in [0.25, 0.3) is 0 Å². The molecule has 5 heterocycles. The maximum absolute atomic E-state index is 13.7. The van der Waals surface area contributed by atoms with Gasteiger partial charge in [0.2, 0.25) is 0 Å². The first-order valence-corrected chi connectivity index (χ1v) is 11.7. The Morgan fingerprint density at radius 1 is 1.06 bits per heavy atom. The van der Waals surface area contributed by atoms with Crippen LogP contribution in [0, 0.1) is 11.3 Å². The third-order valence-electron chi connectivity index (χ3n) is 7.04. The topological polar surface area (TPSA) is 77.3 Å². The molecule has 0 amide bonds. The average molecular weight is 473 g/mol. The Kier molecular flexibility index (Phi) is 6.32. The van der Waals surface area contributed by atoms with Crippen molar-refractivity contribution in [1.82, 2.24) is 14.9 Å². The molecular weight excluding hydrogens is 445 g/mol. The molecule has 5 rings (SSSR count). The Balaban J connectivity index is 1.43. The van der Waals surface area contributed by atoms with Crippen LogP contribution in [0.1, 0.15) is 42.7 Å². The van der Waals surface area contributed by atoms with Crippen LogP contribution in [0.4, 0.5) is 30.6 Å². The zero-order valence-corrected chi connectivity index (χ0v) is 18.8. The number of anilines is 3. The average Bonchev–Trinajstić information content (AvgIpc) is 3.29. The number of nitrogens with one attached hydrogen (secondary N) is 1. The number of piperidine rings is 1. The molecule has 0 saturated carbocycles. The molecule has 10 heteroatoms. The van der Waals surface area contributed by atoms with Gasteiger partial charge < -0.3 is 15.0 Å². The number of likely N-dealkylation sites (tertiary alicyclic amines) is 1. The molecular formula is C24H27F3N6O. The van der Waals surface area contributed by atoms with Gasteiger partial charge in [-0.1, -0.05) is 0 Å². The summed E-state index contributed by atoms with van der Waals surface area (Å²) in [4.78, 5) is 12.6. The van der Waals surface area contributed by atoms with E-state index in [0.717, 1.165) is 44.7 Å². The van der Waals surface area contributed by atoms with Crippen molar-refractivity contribution in [3.05, 3.63) is 41.6 Å². The summed E-state index contributed by atoms with van der Waals surface area (Å²) in [7, 11) is 0. The van der Waals surface area contributed by atoms with Crippen molar-refractivity contribution < 1.29 is 17.9 Å². The molecule has 3 saturated heterocycles. The van der Waals surface area contributed by atoms with Crippen LogP contribution in [0.5, 0.6) is 0 Å². The highest BCUT2D eigenvalue weighted by molar-refractivity contribution is 5.59. The monoisotopic (exact) mass is 472 g/mol. The largest absolute Gasteiger partial charge is 0.408 e. The minimum Gasteiger partial charge on any atom is -0.378 e. The van der Waals surface area contributed by atoms with Crippen LogP contribution < -0.4 is 10.2 Å². The van der Waals surface area contributed by atoms with Crippen molar-refractivity contribution in [3.8, 4) is 6.07 Å². The summed E-state index contributed by atoms with van der Waals surface area (Å²) >= 11 is 0. The number of hydrogen-bond donors (Lipinski definition) is 1. The zero-order chi connectivity index (χ0) is 23.7. The lowest BCUT2D eigenvalue weighted by molar-refractivity contribution is -0.146. The lowest BCUT2D eigenvalue weighted by Crippen LogP contribution is -2.51. The van der Waals surface area contributed by atoms with Gasteiger partial charge in [-0.3, -0.25) is 4.90 Å². The molecule has 0 spiro atoms. The number of pyridine rings is 2. The van der Waals surface area contributed by atoms with E-state index in [1.165, 1.54) is 11.1 Å². The molecule has 1 atom stereocenters. The SMILES string of the molecule is N#Cc1ccnc(Nc2cc(C3CCN(C4COC4)CC3)cc(N3CCC[C@@H]3C(F)(F)F)n2)c1. The Hall–Kier alpha value is -2.90. The summed E-state index contributed by atoms with van der Waals surface area (Å²) in [6.07, 6.45) is -0.362. The Bertz CT molecular complexity index is 1060. The van der Waals surface area contributed by atoms with Gasteiger partial charge in [0, 0.05) is 12.7 Å². The first-order chi connectivity index (χ1) is 16.4. The number of nitrogens with zero attached hydrogens (tertiary/aromatic N) is 5. The van der Waals surface area contributed by atoms with Crippen molar-refractivity contribution in [2.75, 3.05) is 43.1 Å². The number of ether oxygens (including phenoxy) is 1. The Morgan fingerprint density at radius 2 is 1.85 bits per heavy atom. The first-order valence-electron chi connectivity index (χ1n) is 11.7. The highest BCUT2D eigenvalue weighted by Crippen LogP contribution is 2.38. The minimum absolute atomic E-state index is 0.0752. The van der Waals surface area contributed by atoms with Crippen LogP contribution in [0.3, 0.4) is 0 Å². The summed E-state index contributed by atoms with van der Waals surface area (Å²) < 4.78 is 46.4. The third kappa shape index (κ3) is 4.81. The summed E-state index contributed by atoms with van der Waals surface area (Å²) in [6, 6.07) is 7.98. The van der Waals surface area contributed by atoms with Gasteiger partial charge in [0.15, 0.2) is 0 Å². The molecule has 34 heavy (non-hydrogen) atoms. The first kappa shape index (κ1) is 22.9. The lowest BCUT2D eigenvalue weighted by Gasteiger charge is -2.41. The van der Waals surface area contributed by atoms with E-state index >= 15 is 0 Å². The number of nitriles is 1. The fourth-order valence-electron chi connectivity index (χ4n) is 5.10. The van der Waals surface area contributed by atoms with Crippen LogP contribution in [-0.4, -0.2) is 66.0 Å². The van der Waals surface area contributed by atoms with Gasteiger partial charge in [-0.15, -0.1) is 0 Å². The molecule has 0 aromatic carbocycles. The summed E-state index contributed by atoms with van der Waals surface area (Å²) in [5, 5.41) is 12.3. The van der Waals surface area contributed by atoms with E-state index in [1.807, 2.05) is 12.1 Å². The number of alkyl halides is 3. The molecule has 1 N–H and O–H groups in total. The fraction of sp³-hybridized carbons (Fsp3) is 0.542. The van der Waals surface area contributed by atoms with E-state index in [1.54, 1.807) is 12.1 Å². The van der Waals surface area contributed by atoms with Crippen molar-refractivity contribution in [2.45, 2.75) is 49.9 Å². The molecule has 180 valence electrons. The highest BCUT2D eigenvalue weighted by Gasteiger charge is 2.46. The van der Waals surface area contributed by atoms with Crippen molar-refractivity contribution in [3.63, 3.8) is 0 Å². The second-order valence-electron chi connectivity index (χ2n) is 9.21. The molecule has 7 nitrogen and oxygen atoms in total. The summed E-state index contributed by atoms with van der Waals surface area (Å²) in [5.41, 5.74) is 1.43. The molecule has 0 bridgehead atoms. The molecule has 3 fully saturated rings. The normalized spacial score (nSPS) is 22.4. The van der Waals surface area contributed by atoms with Gasteiger partial charge in [0.1, 0.15) is 23.5 Å². The molecule has 0 unspecified atom stereocenters. The second-order valence-corrected chi connectivity index (χ2v) is 9.21. The predicted molar refractivity (Wildman–Crippen MR) is 121 cm³/mol. The highest BCUT2D eigenvalue weighted by atomic mass is 19.4. The lowest BCUT2D eigenvalue weighted by atomic mass is 9.89. The quantitative estimate of drug-likeness (QED) is 0.699. The van der Waals surface area contributed by atoms with E-state index in [9.17, 15) is 18.4 Å². The minimum atomic E-state index is -4.30. The number of aromatic nitrogens is 2. The maximum Gasteiger partial charge on any atom is 0.408 e. The molecule has 0 radical (unpaired) electrons. The number of rotatable bonds is 5. The smallest absolute Gasteiger partial charge is 0.378 e. The van der Waals surface area contributed by atoms with Crippen LogP contribution in [0.15, 0.2) is 30.5 Å². The molecule has 2 aromatic rings. The fourth-order valence-corrected chi connectivity index (χ4v) is 5.10. The van der Waals surface area contributed by atoms with Crippen molar-refractivity contribution >= 4 is 17.5 Å². The van der Waals surface area contributed by atoms with E-state index in [2.05, 4.69) is 26.3 Å². The second kappa shape index (κ2) is 9.39. The summed E-state index contributed by atoms with van der Waals surface area (Å²) in [5.74, 6) is 1.46. The predicted octanol–water partition coefficient (Wildman–Crippen LogP) is 4.20. The van der Waals surface area contributed by atoms with E-state index in [0.29, 0.717) is 42.0 Å². The van der Waals surface area contributed by atoms with Gasteiger partial charge in [0.05, 0.1) is 30.9 Å². The van der Waals surface area contributed by atoms with Crippen molar-refractivity contribution in [2.24, 2.45) is 0 Å². The van der Waals surface area contributed by atoms with E-state index in [-0.39, 0.29) is 12.3 Å². The number of halogens is 3. The zero-order valence-electron chi connectivity index (χ0n) is 18.8. The van der Waals surface area contributed by atoms with Crippen LogP contribution in [0.25, 0.3) is 0 Å². The van der Waals surface area contributed by atoms with Gasteiger partial charge in [-0.2, -0.15) is 18.4 Å². The van der Waals surface area contributed by atoms with E-state index in [4.69, 9.17) is 4.74 Å². The maximum atomic E-state index is 13.7. The van der Waals surface area contributed by atoms with Crippen LogP contribution in [0.2, 0.25) is 0 Å². The Labute approximate surface area is 196 Å². The molecule has 2 aromatic heterocycles. The third-order valence-corrected chi connectivity index (χ3v) is 7.04. The van der Waals surface area contributed by atoms with Crippen LogP contribution in [-0.2, 0) is 4.74 Å². The molecule has 3 aliphatic rings. The summed E-state index contributed by atoms with van der Waals surface area (Å²) in [6.45, 7) is 3.77. The Morgan fingerprint density at radius 3 is 2.53 bits per heavy atom. The van der Waals surface area contributed by atoms with E-state index < -0.39 is 12.2 Å². The van der Waals surface area contributed by atoms with Gasteiger partial charge in [-0.25, -0.2) is 9.97 Å². The van der Waals surface area contributed by atoms with Crippen molar-refractivity contribution in [1.29, 1.82) is 5.26 Å². The number of hydrogen-bond acceptors (Lipinski definition) is 7. The van der Waals surface area contributed by atoms with Crippen LogP contribution >= 0.6 is 0 Å². The molecule has 0 aliphatic carbocycles. The van der Waals surface area contributed by atoms with Gasteiger partial charge in [-0.05, 0) is 74.5 Å². The van der Waals surface area contributed by atoms with Gasteiger partial charge >= 0.3 is 6.18 Å².